The maximum Gasteiger partial charge on any atom is 0.330 e. The van der Waals surface area contributed by atoms with Gasteiger partial charge in [-0.2, -0.15) is 0 Å². The fourth-order valence-corrected chi connectivity index (χ4v) is 2.39. The summed E-state index contributed by atoms with van der Waals surface area (Å²) < 4.78 is 29.4. The van der Waals surface area contributed by atoms with E-state index in [-0.39, 0.29) is 18.6 Å². The molecular weight excluding hydrogens is 327 g/mol. The van der Waals surface area contributed by atoms with E-state index < -0.39 is 48.3 Å². The number of nitrogens with zero attached hydrogens (tertiary/aromatic N) is 1. The molecule has 0 bridgehead atoms. The fraction of sp³-hybridized carbons (Fsp3) is 0.571. The second-order valence-corrected chi connectivity index (χ2v) is 5.27. The lowest BCUT2D eigenvalue weighted by Crippen LogP contribution is -2.34. The molecule has 0 radical (unpaired) electrons. The van der Waals surface area contributed by atoms with Crippen LogP contribution in [-0.2, 0) is 30.5 Å². The van der Waals surface area contributed by atoms with E-state index in [1.807, 2.05) is 4.98 Å². The second kappa shape index (κ2) is 7.39. The first-order valence-corrected chi connectivity index (χ1v) is 7.18. The summed E-state index contributed by atoms with van der Waals surface area (Å²) in [7, 11) is 0. The van der Waals surface area contributed by atoms with Crippen molar-refractivity contribution in [1.82, 2.24) is 9.55 Å². The fourth-order valence-electron chi connectivity index (χ4n) is 2.39. The highest BCUT2D eigenvalue weighted by Crippen LogP contribution is 2.30. The van der Waals surface area contributed by atoms with Gasteiger partial charge in [0.2, 0.25) is 0 Å². The van der Waals surface area contributed by atoms with Gasteiger partial charge >= 0.3 is 17.6 Å². The zero-order valence-corrected chi connectivity index (χ0v) is 13.1. The summed E-state index contributed by atoms with van der Waals surface area (Å²) in [6.07, 6.45) is -1.28. The minimum atomic E-state index is -1.05. The van der Waals surface area contributed by atoms with E-state index >= 15 is 0 Å². The minimum absolute atomic E-state index is 0.0865. The van der Waals surface area contributed by atoms with Gasteiger partial charge in [0.15, 0.2) is 0 Å². The molecule has 2 heterocycles. The Morgan fingerprint density at radius 1 is 1.38 bits per heavy atom. The molecule has 24 heavy (non-hydrogen) atoms. The number of hydrogen-bond donors (Lipinski definition) is 1. The average Bonchev–Trinajstić information content (AvgIpc) is 2.87. The van der Waals surface area contributed by atoms with Gasteiger partial charge in [-0.25, -0.2) is 9.18 Å². The number of rotatable bonds is 5. The van der Waals surface area contributed by atoms with Gasteiger partial charge in [-0.05, 0) is 0 Å². The predicted octanol–water partition coefficient (Wildman–Crippen LogP) is -0.212. The Morgan fingerprint density at radius 2 is 2.08 bits per heavy atom. The van der Waals surface area contributed by atoms with Crippen LogP contribution in [0, 0.1) is 0 Å². The third-order valence-corrected chi connectivity index (χ3v) is 3.44. The van der Waals surface area contributed by atoms with Crippen molar-refractivity contribution >= 4 is 11.9 Å². The van der Waals surface area contributed by atoms with Crippen molar-refractivity contribution in [2.24, 2.45) is 0 Å². The largest absolute Gasteiger partial charge is 0.463 e. The predicted molar refractivity (Wildman–Crippen MR) is 76.8 cm³/mol. The summed E-state index contributed by atoms with van der Waals surface area (Å²) in [5.41, 5.74) is -1.83. The van der Waals surface area contributed by atoms with E-state index in [4.69, 9.17) is 14.2 Å². The molecule has 0 spiro atoms. The van der Waals surface area contributed by atoms with Gasteiger partial charge in [-0.1, -0.05) is 0 Å². The number of carbonyl (C=O) groups excluding carboxylic acids is 2. The Hall–Kier alpha value is -2.49. The Labute approximate surface area is 135 Å². The molecule has 2 rings (SSSR count). The molecule has 1 N–H and O–H groups in total. The number of ether oxygens (including phenoxy) is 3. The highest BCUT2D eigenvalue weighted by atomic mass is 19.1. The van der Waals surface area contributed by atoms with Crippen LogP contribution in [0.5, 0.6) is 0 Å². The zero-order chi connectivity index (χ0) is 17.9. The smallest absolute Gasteiger partial charge is 0.330 e. The molecule has 0 amide bonds. The summed E-state index contributed by atoms with van der Waals surface area (Å²) in [4.78, 5) is 47.4. The number of hydrogen-bond acceptors (Lipinski definition) is 7. The second-order valence-electron chi connectivity index (χ2n) is 5.27. The molecule has 9 nitrogen and oxygen atoms in total. The number of nitrogens with one attached hydrogen (secondary N) is 1. The average molecular weight is 344 g/mol. The molecule has 1 aliphatic heterocycles. The quantitative estimate of drug-likeness (QED) is 0.734. The third kappa shape index (κ3) is 4.07. The van der Waals surface area contributed by atoms with Crippen LogP contribution in [0.1, 0.15) is 32.1 Å². The lowest BCUT2D eigenvalue weighted by Gasteiger charge is -2.17. The van der Waals surface area contributed by atoms with Gasteiger partial charge in [-0.3, -0.25) is 23.9 Å². The maximum atomic E-state index is 12.8. The van der Waals surface area contributed by atoms with Crippen molar-refractivity contribution in [2.45, 2.75) is 45.4 Å². The van der Waals surface area contributed by atoms with Crippen molar-refractivity contribution in [2.75, 3.05) is 6.61 Å². The number of aromatic nitrogens is 2. The summed E-state index contributed by atoms with van der Waals surface area (Å²) in [6, 6.07) is 0. The van der Waals surface area contributed by atoms with Crippen molar-refractivity contribution in [1.29, 1.82) is 0 Å². The molecule has 1 saturated heterocycles. The molecular formula is C14H17FN2O7. The zero-order valence-electron chi connectivity index (χ0n) is 13.1. The Bertz CT molecular complexity index is 741. The molecule has 1 aliphatic rings. The number of esters is 2. The first-order valence-electron chi connectivity index (χ1n) is 7.18. The number of aromatic amines is 1. The van der Waals surface area contributed by atoms with Crippen LogP contribution < -0.4 is 11.2 Å². The molecule has 0 saturated carbocycles. The standard InChI is InChI=1S/C14H17FN2O7/c1-7(18)22-6-11-10(23-8(2)19)3-12(24-11)17-5-9(4-15)13(20)16-14(17)21/h5,10-12H,3-4,6H2,1-2H3,(H,16,20,21)/t10-,11+,12+/m0/s1. The number of alkyl halides is 1. The van der Waals surface area contributed by atoms with E-state index in [9.17, 15) is 23.6 Å². The monoisotopic (exact) mass is 344 g/mol. The topological polar surface area (TPSA) is 117 Å². The van der Waals surface area contributed by atoms with Crippen LogP contribution in [0.25, 0.3) is 0 Å². The van der Waals surface area contributed by atoms with E-state index in [0.29, 0.717) is 0 Å². The van der Waals surface area contributed by atoms with E-state index in [1.54, 1.807) is 0 Å². The molecule has 0 aliphatic carbocycles. The van der Waals surface area contributed by atoms with Crippen molar-refractivity contribution in [3.63, 3.8) is 0 Å². The Kier molecular flexibility index (Phi) is 5.50. The van der Waals surface area contributed by atoms with Crippen molar-refractivity contribution < 1.29 is 28.2 Å². The molecule has 132 valence electrons. The van der Waals surface area contributed by atoms with Gasteiger partial charge < -0.3 is 14.2 Å². The van der Waals surface area contributed by atoms with Gasteiger partial charge in [0.05, 0.1) is 5.56 Å². The molecule has 1 fully saturated rings. The van der Waals surface area contributed by atoms with Crippen LogP contribution in [0.15, 0.2) is 15.8 Å². The highest BCUT2D eigenvalue weighted by molar-refractivity contribution is 5.66. The SMILES string of the molecule is CC(=O)OC[C@H]1O[C@@H](n2cc(CF)c(=O)[nH]c2=O)C[C@@H]1OC(C)=O. The van der Waals surface area contributed by atoms with Gasteiger partial charge in [0.1, 0.15) is 31.7 Å². The van der Waals surface area contributed by atoms with Crippen LogP contribution in [0.4, 0.5) is 4.39 Å². The lowest BCUT2D eigenvalue weighted by atomic mass is 10.2. The molecule has 1 aromatic heterocycles. The molecule has 1 aromatic rings. The molecule has 0 unspecified atom stereocenters. The first kappa shape index (κ1) is 17.9. The van der Waals surface area contributed by atoms with Gasteiger partial charge in [0, 0.05) is 26.5 Å². The highest BCUT2D eigenvalue weighted by Gasteiger charge is 2.39. The summed E-state index contributed by atoms with van der Waals surface area (Å²) >= 11 is 0. The Morgan fingerprint density at radius 3 is 2.67 bits per heavy atom. The maximum absolute atomic E-state index is 12.8. The van der Waals surface area contributed by atoms with Crippen LogP contribution in [0.3, 0.4) is 0 Å². The van der Waals surface area contributed by atoms with Crippen molar-refractivity contribution in [3.8, 4) is 0 Å². The minimum Gasteiger partial charge on any atom is -0.463 e. The molecule has 0 aromatic carbocycles. The van der Waals surface area contributed by atoms with Crippen molar-refractivity contribution in [3.05, 3.63) is 32.6 Å². The first-order chi connectivity index (χ1) is 11.3. The third-order valence-electron chi connectivity index (χ3n) is 3.44. The Balaban J connectivity index is 2.25. The van der Waals surface area contributed by atoms with Crippen LogP contribution in [-0.4, -0.2) is 40.3 Å². The summed E-state index contributed by atoms with van der Waals surface area (Å²) in [5, 5.41) is 0. The van der Waals surface area contributed by atoms with Gasteiger partial charge in [-0.15, -0.1) is 0 Å². The normalized spacial score (nSPS) is 23.0. The summed E-state index contributed by atoms with van der Waals surface area (Å²) in [5.74, 6) is -1.10. The van der Waals surface area contributed by atoms with Gasteiger partial charge in [0.25, 0.3) is 5.56 Å². The molecule has 10 heteroatoms. The van der Waals surface area contributed by atoms with E-state index in [1.165, 1.54) is 13.8 Å². The number of H-pyrrole nitrogens is 1. The lowest BCUT2D eigenvalue weighted by molar-refractivity contribution is -0.155. The van der Waals surface area contributed by atoms with E-state index in [0.717, 1.165) is 10.8 Å². The molecule has 3 atom stereocenters. The van der Waals surface area contributed by atoms with Crippen LogP contribution >= 0.6 is 0 Å². The van der Waals surface area contributed by atoms with Crippen LogP contribution in [0.2, 0.25) is 0 Å². The number of carbonyl (C=O) groups is 2. The van der Waals surface area contributed by atoms with E-state index in [2.05, 4.69) is 0 Å². The summed E-state index contributed by atoms with van der Waals surface area (Å²) in [6.45, 7) is 1.21. The number of halogens is 1.